The zero-order chi connectivity index (χ0) is 12.4. The van der Waals surface area contributed by atoms with E-state index >= 15 is 0 Å². The van der Waals surface area contributed by atoms with E-state index in [0.717, 1.165) is 32.7 Å². The van der Waals surface area contributed by atoms with Gasteiger partial charge in [-0.25, -0.2) is 9.52 Å². The van der Waals surface area contributed by atoms with E-state index in [0.29, 0.717) is 0 Å². The minimum Gasteiger partial charge on any atom is -0.304 e. The summed E-state index contributed by atoms with van der Waals surface area (Å²) in [4.78, 5) is 2.35. The van der Waals surface area contributed by atoms with Crippen LogP contribution in [-0.2, 0) is 6.54 Å². The second-order valence-electron chi connectivity index (χ2n) is 4.83. The van der Waals surface area contributed by atoms with E-state index in [4.69, 9.17) is 0 Å². The van der Waals surface area contributed by atoms with Crippen LogP contribution >= 0.6 is 0 Å². The zero-order valence-electron chi connectivity index (χ0n) is 10.7. The average Bonchev–Trinajstić information content (AvgIpc) is 2.82. The molecule has 3 heterocycles. The van der Waals surface area contributed by atoms with Crippen LogP contribution in [0.1, 0.15) is 5.56 Å². The summed E-state index contributed by atoms with van der Waals surface area (Å²) in [7, 11) is 2.17. The number of pyridine rings is 1. The number of aromatic nitrogens is 2. The highest BCUT2D eigenvalue weighted by Crippen LogP contribution is 2.09. The van der Waals surface area contributed by atoms with Crippen molar-refractivity contribution in [3.05, 3.63) is 36.2 Å². The number of rotatable bonds is 3. The molecule has 2 aromatic rings. The van der Waals surface area contributed by atoms with Gasteiger partial charge in [-0.3, -0.25) is 5.43 Å². The van der Waals surface area contributed by atoms with Gasteiger partial charge in [-0.1, -0.05) is 6.07 Å². The third-order valence-electron chi connectivity index (χ3n) is 3.50. The normalized spacial score (nSPS) is 18.5. The van der Waals surface area contributed by atoms with Crippen molar-refractivity contribution in [2.45, 2.75) is 6.54 Å². The zero-order valence-corrected chi connectivity index (χ0v) is 10.7. The van der Waals surface area contributed by atoms with Crippen molar-refractivity contribution >= 4 is 5.52 Å². The number of likely N-dealkylation sites (N-methyl/N-ethyl adjacent to an activating group) is 1. The first kappa shape index (κ1) is 11.6. The fourth-order valence-corrected chi connectivity index (χ4v) is 2.29. The van der Waals surface area contributed by atoms with Crippen molar-refractivity contribution < 1.29 is 0 Å². The second kappa shape index (κ2) is 5.06. The predicted octanol–water partition coefficient (Wildman–Crippen LogP) is 0.586. The van der Waals surface area contributed by atoms with E-state index in [2.05, 4.69) is 39.6 Å². The molecule has 1 N–H and O–H groups in total. The van der Waals surface area contributed by atoms with Crippen molar-refractivity contribution in [1.82, 2.24) is 24.9 Å². The van der Waals surface area contributed by atoms with Gasteiger partial charge in [0.1, 0.15) is 0 Å². The van der Waals surface area contributed by atoms with Crippen LogP contribution < -0.4 is 5.43 Å². The summed E-state index contributed by atoms with van der Waals surface area (Å²) in [6.45, 7) is 5.26. The minimum absolute atomic E-state index is 0.844. The lowest BCUT2D eigenvalue weighted by Crippen LogP contribution is -2.50. The van der Waals surface area contributed by atoms with Gasteiger partial charge in [0.25, 0.3) is 0 Å². The van der Waals surface area contributed by atoms with Crippen LogP contribution in [0.25, 0.3) is 5.52 Å². The molecule has 0 saturated carbocycles. The molecule has 5 heteroatoms. The number of hydrogen-bond donors (Lipinski definition) is 1. The third-order valence-corrected chi connectivity index (χ3v) is 3.50. The van der Waals surface area contributed by atoms with Crippen molar-refractivity contribution in [2.75, 3.05) is 33.2 Å². The molecule has 2 aromatic heterocycles. The van der Waals surface area contributed by atoms with Crippen LogP contribution in [0.3, 0.4) is 0 Å². The van der Waals surface area contributed by atoms with Gasteiger partial charge in [-0.2, -0.15) is 5.10 Å². The molecule has 1 fully saturated rings. The molecule has 0 radical (unpaired) electrons. The molecule has 0 amide bonds. The summed E-state index contributed by atoms with van der Waals surface area (Å²) in [5.74, 6) is 0. The smallest absolute Gasteiger partial charge is 0.0707 e. The predicted molar refractivity (Wildman–Crippen MR) is 71.1 cm³/mol. The SMILES string of the molecule is CN1CCN(NCc2cnn3ccccc23)CC1. The standard InChI is InChI=1S/C13H19N5/c1-16-6-8-17(9-7-16)14-10-12-11-15-18-5-3-2-4-13(12)18/h2-5,11,14H,6-10H2,1H3. The lowest BCUT2D eigenvalue weighted by atomic mass is 10.2. The summed E-state index contributed by atoms with van der Waals surface area (Å²) >= 11 is 0. The van der Waals surface area contributed by atoms with E-state index in [9.17, 15) is 0 Å². The summed E-state index contributed by atoms with van der Waals surface area (Å²) in [6, 6.07) is 6.15. The van der Waals surface area contributed by atoms with Gasteiger partial charge in [-0.05, 0) is 19.2 Å². The highest BCUT2D eigenvalue weighted by Gasteiger charge is 2.13. The van der Waals surface area contributed by atoms with Crippen molar-refractivity contribution in [2.24, 2.45) is 0 Å². The molecule has 1 saturated heterocycles. The van der Waals surface area contributed by atoms with Crippen molar-refractivity contribution in [3.63, 3.8) is 0 Å². The van der Waals surface area contributed by atoms with Gasteiger partial charge in [0.15, 0.2) is 0 Å². The lowest BCUT2D eigenvalue weighted by Gasteiger charge is -2.32. The Balaban J connectivity index is 1.63. The molecular formula is C13H19N5. The Labute approximate surface area is 107 Å². The quantitative estimate of drug-likeness (QED) is 0.858. The van der Waals surface area contributed by atoms with Gasteiger partial charge >= 0.3 is 0 Å². The van der Waals surface area contributed by atoms with Gasteiger partial charge in [-0.15, -0.1) is 0 Å². The van der Waals surface area contributed by atoms with Crippen LogP contribution in [0.5, 0.6) is 0 Å². The maximum Gasteiger partial charge on any atom is 0.0707 e. The van der Waals surface area contributed by atoms with Crippen LogP contribution in [0.2, 0.25) is 0 Å². The van der Waals surface area contributed by atoms with Crippen LogP contribution in [0.4, 0.5) is 0 Å². The van der Waals surface area contributed by atoms with E-state index < -0.39 is 0 Å². The first-order chi connectivity index (χ1) is 8.83. The fraction of sp³-hybridized carbons (Fsp3) is 0.462. The molecule has 18 heavy (non-hydrogen) atoms. The maximum atomic E-state index is 4.34. The average molecular weight is 245 g/mol. The van der Waals surface area contributed by atoms with Gasteiger partial charge in [0.2, 0.25) is 0 Å². The summed E-state index contributed by atoms with van der Waals surface area (Å²) in [5.41, 5.74) is 5.91. The molecule has 0 spiro atoms. The largest absolute Gasteiger partial charge is 0.304 e. The first-order valence-electron chi connectivity index (χ1n) is 6.41. The summed E-state index contributed by atoms with van der Waals surface area (Å²) < 4.78 is 1.92. The third kappa shape index (κ3) is 2.38. The molecule has 5 nitrogen and oxygen atoms in total. The lowest BCUT2D eigenvalue weighted by molar-refractivity contribution is 0.102. The van der Waals surface area contributed by atoms with Gasteiger partial charge in [0, 0.05) is 44.5 Å². The molecule has 0 aromatic carbocycles. The maximum absolute atomic E-state index is 4.34. The Morgan fingerprint density at radius 2 is 2.06 bits per heavy atom. The van der Waals surface area contributed by atoms with Crippen LogP contribution in [0.15, 0.2) is 30.6 Å². The molecular weight excluding hydrogens is 226 g/mol. The Morgan fingerprint density at radius 1 is 1.22 bits per heavy atom. The number of hydrazine groups is 1. The number of nitrogens with one attached hydrogen (secondary N) is 1. The molecule has 0 aliphatic carbocycles. The number of piperazine rings is 1. The van der Waals surface area contributed by atoms with Crippen LogP contribution in [-0.4, -0.2) is 52.7 Å². The Bertz CT molecular complexity index is 513. The number of hydrogen-bond acceptors (Lipinski definition) is 4. The first-order valence-corrected chi connectivity index (χ1v) is 6.41. The molecule has 1 aliphatic rings. The molecule has 0 unspecified atom stereocenters. The fourth-order valence-electron chi connectivity index (χ4n) is 2.29. The topological polar surface area (TPSA) is 35.8 Å². The van der Waals surface area contributed by atoms with Crippen molar-refractivity contribution in [1.29, 1.82) is 0 Å². The van der Waals surface area contributed by atoms with E-state index in [-0.39, 0.29) is 0 Å². The van der Waals surface area contributed by atoms with E-state index in [1.54, 1.807) is 0 Å². The Kier molecular flexibility index (Phi) is 3.27. The second-order valence-corrected chi connectivity index (χ2v) is 4.83. The molecule has 1 aliphatic heterocycles. The Hall–Kier alpha value is -1.43. The summed E-state index contributed by atoms with van der Waals surface area (Å²) in [6.07, 6.45) is 3.92. The molecule has 0 bridgehead atoms. The number of fused-ring (bicyclic) bond motifs is 1. The highest BCUT2D eigenvalue weighted by molar-refractivity contribution is 5.53. The highest BCUT2D eigenvalue weighted by atomic mass is 15.5. The minimum atomic E-state index is 0.844. The molecule has 96 valence electrons. The summed E-state index contributed by atoms with van der Waals surface area (Å²) in [5, 5.41) is 6.64. The van der Waals surface area contributed by atoms with E-state index in [1.807, 2.05) is 23.0 Å². The van der Waals surface area contributed by atoms with Gasteiger partial charge < -0.3 is 4.90 Å². The Morgan fingerprint density at radius 3 is 2.89 bits per heavy atom. The molecule has 3 rings (SSSR count). The van der Waals surface area contributed by atoms with E-state index in [1.165, 1.54) is 11.1 Å². The van der Waals surface area contributed by atoms with Crippen LogP contribution in [0, 0.1) is 0 Å². The van der Waals surface area contributed by atoms with Crippen molar-refractivity contribution in [3.8, 4) is 0 Å². The number of nitrogens with zero attached hydrogens (tertiary/aromatic N) is 4. The van der Waals surface area contributed by atoms with Gasteiger partial charge in [0.05, 0.1) is 11.7 Å². The molecule has 0 atom stereocenters. The monoisotopic (exact) mass is 245 g/mol.